The summed E-state index contributed by atoms with van der Waals surface area (Å²) >= 11 is 0. The lowest BCUT2D eigenvalue weighted by molar-refractivity contribution is -0.385. The van der Waals surface area contributed by atoms with Gasteiger partial charge in [-0.15, -0.1) is 0 Å². The molecule has 90 valence electrons. The van der Waals surface area contributed by atoms with Gasteiger partial charge >= 0.3 is 6.09 Å². The molecule has 0 aliphatic rings. The minimum absolute atomic E-state index is 0.158. The van der Waals surface area contributed by atoms with E-state index in [0.29, 0.717) is 0 Å². The number of amides is 2. The van der Waals surface area contributed by atoms with Gasteiger partial charge < -0.3 is 14.6 Å². The van der Waals surface area contributed by atoms with Crippen LogP contribution in [0.25, 0.3) is 0 Å². The summed E-state index contributed by atoms with van der Waals surface area (Å²) in [4.78, 5) is 30.7. The molecule has 1 rings (SSSR count). The first-order valence-corrected chi connectivity index (χ1v) is 4.37. The standard InChI is InChI=1S/C9H8N2O6/c12-8(13)10-9(14)17-5-6-3-1-2-4-7(6)11(15)16/h1-4H,5H2,(H,10,14)(H,12,13)/p-1. The second kappa shape index (κ2) is 5.45. The number of hydrogen-bond donors (Lipinski definition) is 1. The molecule has 0 aliphatic heterocycles. The van der Waals surface area contributed by atoms with E-state index in [2.05, 4.69) is 4.74 Å². The molecule has 0 aromatic heterocycles. The summed E-state index contributed by atoms with van der Waals surface area (Å²) in [6, 6.07) is 5.63. The number of para-hydroxylation sites is 1. The van der Waals surface area contributed by atoms with Gasteiger partial charge in [-0.2, -0.15) is 0 Å². The van der Waals surface area contributed by atoms with Gasteiger partial charge in [0.2, 0.25) is 0 Å². The Labute approximate surface area is 95.0 Å². The van der Waals surface area contributed by atoms with Crippen LogP contribution < -0.4 is 10.4 Å². The average molecular weight is 239 g/mol. The van der Waals surface area contributed by atoms with Crippen LogP contribution in [0.1, 0.15) is 5.56 Å². The van der Waals surface area contributed by atoms with Crippen molar-refractivity contribution < 1.29 is 24.4 Å². The normalized spacial score (nSPS) is 9.41. The van der Waals surface area contributed by atoms with Gasteiger partial charge in [0.05, 0.1) is 10.5 Å². The highest BCUT2D eigenvalue weighted by Gasteiger charge is 2.13. The molecule has 0 spiro atoms. The zero-order valence-corrected chi connectivity index (χ0v) is 8.41. The number of nitrogens with zero attached hydrogens (tertiary/aromatic N) is 1. The molecule has 0 unspecified atom stereocenters. The van der Waals surface area contributed by atoms with Crippen molar-refractivity contribution in [3.63, 3.8) is 0 Å². The molecule has 1 aromatic rings. The van der Waals surface area contributed by atoms with E-state index >= 15 is 0 Å². The molecule has 0 saturated heterocycles. The zero-order valence-electron chi connectivity index (χ0n) is 8.41. The Morgan fingerprint density at radius 2 is 2.00 bits per heavy atom. The SMILES string of the molecule is O=C([O-])NC(=O)OCc1ccccc1[N+](=O)[O-]. The van der Waals surface area contributed by atoms with E-state index in [1.54, 1.807) is 0 Å². The first kappa shape index (κ1) is 12.4. The smallest absolute Gasteiger partial charge is 0.412 e. The number of benzene rings is 1. The topological polar surface area (TPSA) is 122 Å². The molecule has 1 N–H and O–H groups in total. The van der Waals surface area contributed by atoms with Gasteiger partial charge in [0.25, 0.3) is 5.69 Å². The Kier molecular flexibility index (Phi) is 3.98. The quantitative estimate of drug-likeness (QED) is 0.592. The van der Waals surface area contributed by atoms with Gasteiger partial charge in [0.15, 0.2) is 0 Å². The first-order valence-electron chi connectivity index (χ1n) is 4.37. The van der Waals surface area contributed by atoms with E-state index in [1.807, 2.05) is 0 Å². The molecule has 0 heterocycles. The van der Waals surface area contributed by atoms with Gasteiger partial charge in [0.1, 0.15) is 12.7 Å². The molecular weight excluding hydrogens is 232 g/mol. The fourth-order valence-corrected chi connectivity index (χ4v) is 1.07. The van der Waals surface area contributed by atoms with Crippen molar-refractivity contribution >= 4 is 17.9 Å². The number of carbonyl (C=O) groups excluding carboxylic acids is 2. The van der Waals surface area contributed by atoms with Crippen molar-refractivity contribution in [2.24, 2.45) is 0 Å². The molecule has 8 nitrogen and oxygen atoms in total. The van der Waals surface area contributed by atoms with Gasteiger partial charge in [-0.05, 0) is 6.07 Å². The van der Waals surface area contributed by atoms with Crippen molar-refractivity contribution in [1.29, 1.82) is 0 Å². The molecule has 1 aromatic carbocycles. The van der Waals surface area contributed by atoms with Gasteiger partial charge in [-0.3, -0.25) is 15.4 Å². The number of nitro benzene ring substituents is 1. The highest BCUT2D eigenvalue weighted by Crippen LogP contribution is 2.18. The first-order chi connectivity index (χ1) is 8.00. The summed E-state index contributed by atoms with van der Waals surface area (Å²) in [6.07, 6.45) is -3.05. The van der Waals surface area contributed by atoms with Crippen LogP contribution in [0, 0.1) is 10.1 Å². The predicted molar refractivity (Wildman–Crippen MR) is 51.8 cm³/mol. The molecule has 0 atom stereocenters. The molecule has 0 radical (unpaired) electrons. The molecule has 17 heavy (non-hydrogen) atoms. The van der Waals surface area contributed by atoms with Crippen LogP contribution in [-0.4, -0.2) is 17.1 Å². The predicted octanol–water partition coefficient (Wildman–Crippen LogP) is 0.164. The third-order valence-corrected chi connectivity index (χ3v) is 1.75. The maximum Gasteiger partial charge on any atom is 0.412 e. The van der Waals surface area contributed by atoms with Crippen LogP contribution in [0.15, 0.2) is 24.3 Å². The molecule has 0 saturated carbocycles. The fourth-order valence-electron chi connectivity index (χ4n) is 1.07. The summed E-state index contributed by atoms with van der Waals surface area (Å²) in [6.45, 7) is -0.406. The third-order valence-electron chi connectivity index (χ3n) is 1.75. The van der Waals surface area contributed by atoms with Crippen LogP contribution in [0.2, 0.25) is 0 Å². The van der Waals surface area contributed by atoms with Crippen molar-refractivity contribution in [2.75, 3.05) is 0 Å². The lowest BCUT2D eigenvalue weighted by Gasteiger charge is -2.07. The van der Waals surface area contributed by atoms with Crippen LogP contribution in [0.3, 0.4) is 0 Å². The maximum absolute atomic E-state index is 10.8. The number of carbonyl (C=O) groups is 2. The number of imide groups is 1. The largest absolute Gasteiger partial charge is 0.530 e. The van der Waals surface area contributed by atoms with Crippen LogP contribution in [0.4, 0.5) is 15.3 Å². The van der Waals surface area contributed by atoms with Crippen LogP contribution in [0.5, 0.6) is 0 Å². The molecule has 0 bridgehead atoms. The number of hydrogen-bond acceptors (Lipinski definition) is 6. The highest BCUT2D eigenvalue weighted by atomic mass is 16.6. The van der Waals surface area contributed by atoms with Gasteiger partial charge in [-0.1, -0.05) is 12.1 Å². The van der Waals surface area contributed by atoms with Crippen LogP contribution >= 0.6 is 0 Å². The maximum atomic E-state index is 10.8. The lowest BCUT2D eigenvalue weighted by atomic mass is 10.2. The van der Waals surface area contributed by atoms with Gasteiger partial charge in [0, 0.05) is 6.07 Å². The van der Waals surface area contributed by atoms with E-state index in [4.69, 9.17) is 0 Å². The Morgan fingerprint density at radius 1 is 1.35 bits per heavy atom. The van der Waals surface area contributed by atoms with Crippen molar-refractivity contribution in [3.8, 4) is 0 Å². The van der Waals surface area contributed by atoms with E-state index < -0.39 is 23.7 Å². The lowest BCUT2D eigenvalue weighted by Crippen LogP contribution is -2.40. The summed E-state index contributed by atoms with van der Waals surface area (Å²) in [5.74, 6) is 0. The Bertz CT molecular complexity index is 459. The average Bonchev–Trinajstić information content (AvgIpc) is 2.25. The number of rotatable bonds is 3. The monoisotopic (exact) mass is 239 g/mol. The third kappa shape index (κ3) is 3.78. The minimum Gasteiger partial charge on any atom is -0.530 e. The summed E-state index contributed by atoms with van der Waals surface area (Å²) in [5, 5.41) is 21.9. The van der Waals surface area contributed by atoms with Gasteiger partial charge in [-0.25, -0.2) is 4.79 Å². The van der Waals surface area contributed by atoms with E-state index in [9.17, 15) is 24.8 Å². The number of ether oxygens (including phenoxy) is 1. The summed E-state index contributed by atoms with van der Waals surface area (Å²) in [7, 11) is 0. The molecule has 0 fully saturated rings. The molecule has 0 aliphatic carbocycles. The molecule has 8 heteroatoms. The van der Waals surface area contributed by atoms with Crippen LogP contribution in [-0.2, 0) is 11.3 Å². The van der Waals surface area contributed by atoms with E-state index in [-0.39, 0.29) is 11.3 Å². The molecule has 2 amide bonds. The minimum atomic E-state index is -1.81. The summed E-state index contributed by atoms with van der Waals surface area (Å²) in [5.41, 5.74) is -0.0558. The highest BCUT2D eigenvalue weighted by molar-refractivity contribution is 5.85. The van der Waals surface area contributed by atoms with E-state index in [0.717, 1.165) is 0 Å². The number of alkyl carbamates (subject to hydrolysis) is 1. The summed E-state index contributed by atoms with van der Waals surface area (Å²) < 4.78 is 4.45. The Hall–Kier alpha value is -2.64. The van der Waals surface area contributed by atoms with E-state index in [1.165, 1.54) is 29.6 Å². The van der Waals surface area contributed by atoms with Crippen molar-refractivity contribution in [1.82, 2.24) is 5.32 Å². The Balaban J connectivity index is 2.66. The van der Waals surface area contributed by atoms with Crippen molar-refractivity contribution in [3.05, 3.63) is 39.9 Å². The fraction of sp³-hybridized carbons (Fsp3) is 0.111. The Morgan fingerprint density at radius 3 is 2.59 bits per heavy atom. The zero-order chi connectivity index (χ0) is 12.8. The molecular formula is C9H7N2O6-. The number of nitrogens with one attached hydrogen (secondary N) is 1. The number of nitro groups is 1. The second-order valence-electron chi connectivity index (χ2n) is 2.87. The number of carboxylic acid groups (broad SMARTS) is 1. The van der Waals surface area contributed by atoms with Crippen molar-refractivity contribution in [2.45, 2.75) is 6.61 Å². The second-order valence-corrected chi connectivity index (χ2v) is 2.87.